The molecule has 0 spiro atoms. The van der Waals surface area contributed by atoms with E-state index in [1.807, 2.05) is 0 Å². The van der Waals surface area contributed by atoms with Crippen molar-refractivity contribution in [3.8, 4) is 0 Å². The molecular formula is C13H24N6OS. The van der Waals surface area contributed by atoms with Crippen molar-refractivity contribution in [2.24, 2.45) is 5.92 Å². The van der Waals surface area contributed by atoms with Gasteiger partial charge in [-0.3, -0.25) is 4.79 Å². The maximum absolute atomic E-state index is 11.7. The number of nitrogens with one attached hydrogen (secondary N) is 2. The summed E-state index contributed by atoms with van der Waals surface area (Å²) in [7, 11) is 0. The van der Waals surface area contributed by atoms with E-state index in [1.165, 1.54) is 24.6 Å². The Morgan fingerprint density at radius 2 is 2.24 bits per heavy atom. The van der Waals surface area contributed by atoms with E-state index in [0.717, 1.165) is 26.1 Å². The molecule has 0 radical (unpaired) electrons. The van der Waals surface area contributed by atoms with Crippen LogP contribution in [0.4, 0.5) is 0 Å². The van der Waals surface area contributed by atoms with Crippen molar-refractivity contribution in [2.75, 3.05) is 18.8 Å². The minimum Gasteiger partial charge on any atom is -0.355 e. The van der Waals surface area contributed by atoms with Crippen LogP contribution in [0.15, 0.2) is 5.16 Å². The minimum atomic E-state index is 0.0336. The molecular weight excluding hydrogens is 288 g/mol. The van der Waals surface area contributed by atoms with Crippen LogP contribution in [0.25, 0.3) is 0 Å². The van der Waals surface area contributed by atoms with Crippen molar-refractivity contribution < 1.29 is 4.79 Å². The highest BCUT2D eigenvalue weighted by atomic mass is 32.2. The number of rotatable bonds is 10. The van der Waals surface area contributed by atoms with Crippen LogP contribution in [0.1, 0.15) is 33.1 Å². The lowest BCUT2D eigenvalue weighted by Crippen LogP contribution is -2.27. The molecule has 2 rings (SSSR count). The number of nitrogens with zero attached hydrogens (tertiary/aromatic N) is 4. The van der Waals surface area contributed by atoms with Gasteiger partial charge in [-0.25, -0.2) is 4.68 Å². The lowest BCUT2D eigenvalue weighted by molar-refractivity contribution is -0.118. The number of carbonyl (C=O) groups excluding carboxylic acids is 1. The molecule has 0 atom stereocenters. The number of aromatic nitrogens is 4. The summed E-state index contributed by atoms with van der Waals surface area (Å²) in [6.07, 6.45) is 3.54. The van der Waals surface area contributed by atoms with Crippen molar-refractivity contribution in [1.82, 2.24) is 30.8 Å². The third-order valence-corrected chi connectivity index (χ3v) is 4.17. The average Bonchev–Trinajstić information content (AvgIpc) is 3.14. The van der Waals surface area contributed by atoms with Gasteiger partial charge in [-0.05, 0) is 35.6 Å². The second-order valence-corrected chi connectivity index (χ2v) is 6.68. The maximum Gasteiger partial charge on any atom is 0.230 e. The molecule has 118 valence electrons. The molecule has 0 unspecified atom stereocenters. The van der Waals surface area contributed by atoms with Crippen molar-refractivity contribution in [3.63, 3.8) is 0 Å². The van der Waals surface area contributed by atoms with Crippen molar-refractivity contribution >= 4 is 17.7 Å². The third kappa shape index (κ3) is 6.43. The smallest absolute Gasteiger partial charge is 0.230 e. The molecule has 1 aromatic rings. The van der Waals surface area contributed by atoms with E-state index >= 15 is 0 Å². The van der Waals surface area contributed by atoms with Gasteiger partial charge in [0.05, 0.1) is 12.3 Å². The molecule has 1 heterocycles. The van der Waals surface area contributed by atoms with Gasteiger partial charge in [-0.1, -0.05) is 25.6 Å². The molecule has 1 amide bonds. The topological polar surface area (TPSA) is 84.7 Å². The first kappa shape index (κ1) is 16.2. The molecule has 8 heteroatoms. The van der Waals surface area contributed by atoms with E-state index < -0.39 is 0 Å². The molecule has 1 aliphatic rings. The standard InChI is InChI=1S/C13H24N6OS/c1-10(2)5-6-15-12(20)9-21-13-16-17-18-19(13)8-7-14-11-3-4-11/h10-11,14H,3-9H2,1-2H3,(H,15,20). The number of thioether (sulfide) groups is 1. The van der Waals surface area contributed by atoms with Crippen molar-refractivity contribution in [2.45, 2.75) is 50.9 Å². The normalized spacial score (nSPS) is 14.6. The molecule has 0 aromatic carbocycles. The van der Waals surface area contributed by atoms with Gasteiger partial charge in [0.1, 0.15) is 0 Å². The van der Waals surface area contributed by atoms with Gasteiger partial charge in [0, 0.05) is 19.1 Å². The van der Waals surface area contributed by atoms with Gasteiger partial charge < -0.3 is 10.6 Å². The molecule has 1 aliphatic carbocycles. The first-order valence-corrected chi connectivity index (χ1v) is 8.52. The summed E-state index contributed by atoms with van der Waals surface area (Å²) in [5.74, 6) is 0.990. The summed E-state index contributed by atoms with van der Waals surface area (Å²) in [6, 6.07) is 0.685. The second-order valence-electron chi connectivity index (χ2n) is 5.73. The molecule has 7 nitrogen and oxygen atoms in total. The van der Waals surface area contributed by atoms with E-state index in [0.29, 0.717) is 22.9 Å². The summed E-state index contributed by atoms with van der Waals surface area (Å²) in [5.41, 5.74) is 0. The van der Waals surface area contributed by atoms with Crippen LogP contribution >= 0.6 is 11.8 Å². The van der Waals surface area contributed by atoms with Gasteiger partial charge in [-0.15, -0.1) is 5.10 Å². The Balaban J connectivity index is 1.64. The lowest BCUT2D eigenvalue weighted by atomic mass is 10.1. The van der Waals surface area contributed by atoms with E-state index in [1.54, 1.807) is 4.68 Å². The SMILES string of the molecule is CC(C)CCNC(=O)CSc1nnnn1CCNC1CC1. The zero-order chi connectivity index (χ0) is 15.1. The van der Waals surface area contributed by atoms with Crippen LogP contribution in [0.3, 0.4) is 0 Å². The van der Waals surface area contributed by atoms with Crippen LogP contribution in [-0.2, 0) is 11.3 Å². The quantitative estimate of drug-likeness (QED) is 0.618. The van der Waals surface area contributed by atoms with Crippen molar-refractivity contribution in [1.29, 1.82) is 0 Å². The highest BCUT2D eigenvalue weighted by Gasteiger charge is 2.20. The Morgan fingerprint density at radius 1 is 1.43 bits per heavy atom. The van der Waals surface area contributed by atoms with E-state index in [2.05, 4.69) is 40.0 Å². The van der Waals surface area contributed by atoms with Gasteiger partial charge >= 0.3 is 0 Å². The Labute approximate surface area is 129 Å². The molecule has 0 saturated heterocycles. The zero-order valence-corrected chi connectivity index (χ0v) is 13.5. The predicted octanol–water partition coefficient (Wildman–Crippen LogP) is 0.680. The van der Waals surface area contributed by atoms with E-state index in [9.17, 15) is 4.79 Å². The van der Waals surface area contributed by atoms with E-state index in [-0.39, 0.29) is 5.91 Å². The fourth-order valence-electron chi connectivity index (χ4n) is 1.78. The summed E-state index contributed by atoms with van der Waals surface area (Å²) in [6.45, 7) is 6.62. The van der Waals surface area contributed by atoms with Crippen LogP contribution in [0.2, 0.25) is 0 Å². The highest BCUT2D eigenvalue weighted by molar-refractivity contribution is 7.99. The Kier molecular flexibility index (Phi) is 6.44. The fraction of sp³-hybridized carbons (Fsp3) is 0.846. The van der Waals surface area contributed by atoms with Gasteiger partial charge in [0.15, 0.2) is 0 Å². The van der Waals surface area contributed by atoms with Crippen LogP contribution < -0.4 is 10.6 Å². The Morgan fingerprint density at radius 3 is 2.95 bits per heavy atom. The minimum absolute atomic E-state index is 0.0336. The lowest BCUT2D eigenvalue weighted by Gasteiger charge is -2.07. The monoisotopic (exact) mass is 312 g/mol. The average molecular weight is 312 g/mol. The first-order chi connectivity index (χ1) is 10.1. The molecule has 1 aromatic heterocycles. The van der Waals surface area contributed by atoms with E-state index in [4.69, 9.17) is 0 Å². The van der Waals surface area contributed by atoms with Gasteiger partial charge in [0.2, 0.25) is 11.1 Å². The predicted molar refractivity (Wildman–Crippen MR) is 82.0 cm³/mol. The molecule has 2 N–H and O–H groups in total. The highest BCUT2D eigenvalue weighted by Crippen LogP contribution is 2.18. The number of amides is 1. The molecule has 1 fully saturated rings. The number of hydrogen-bond acceptors (Lipinski definition) is 6. The van der Waals surface area contributed by atoms with Gasteiger partial charge in [0.25, 0.3) is 0 Å². The number of tetrazole rings is 1. The summed E-state index contributed by atoms with van der Waals surface area (Å²) < 4.78 is 1.75. The molecule has 21 heavy (non-hydrogen) atoms. The summed E-state index contributed by atoms with van der Waals surface area (Å²) in [4.78, 5) is 11.7. The van der Waals surface area contributed by atoms with Crippen LogP contribution in [0.5, 0.6) is 0 Å². The number of carbonyl (C=O) groups is 1. The maximum atomic E-state index is 11.7. The molecule has 1 saturated carbocycles. The zero-order valence-electron chi connectivity index (χ0n) is 12.7. The second kappa shape index (κ2) is 8.33. The van der Waals surface area contributed by atoms with Gasteiger partial charge in [-0.2, -0.15) is 0 Å². The molecule has 0 bridgehead atoms. The third-order valence-electron chi connectivity index (χ3n) is 3.21. The fourth-order valence-corrected chi connectivity index (χ4v) is 2.52. The first-order valence-electron chi connectivity index (χ1n) is 7.54. The number of hydrogen-bond donors (Lipinski definition) is 2. The summed E-state index contributed by atoms with van der Waals surface area (Å²) in [5, 5.41) is 18.6. The molecule has 0 aliphatic heterocycles. The summed E-state index contributed by atoms with van der Waals surface area (Å²) >= 11 is 1.38. The Bertz CT molecular complexity index is 446. The van der Waals surface area contributed by atoms with Crippen molar-refractivity contribution in [3.05, 3.63) is 0 Å². The van der Waals surface area contributed by atoms with Crippen LogP contribution in [-0.4, -0.2) is 51.0 Å². The largest absolute Gasteiger partial charge is 0.355 e. The van der Waals surface area contributed by atoms with Crippen LogP contribution in [0, 0.1) is 5.92 Å². The Hall–Kier alpha value is -1.15.